The minimum Gasteiger partial charge on any atom is -0.492 e. The van der Waals surface area contributed by atoms with Gasteiger partial charge in [-0.1, -0.05) is 127 Å². The van der Waals surface area contributed by atoms with Crippen LogP contribution in [0.5, 0.6) is 5.75 Å². The molecule has 1 fully saturated rings. The molecular weight excluding hydrogens is 785 g/mol. The highest BCUT2D eigenvalue weighted by Gasteiger charge is 2.52. The molecule has 63 heavy (non-hydrogen) atoms. The number of carbonyl (C=O) groups excluding carboxylic acids is 1. The van der Waals surface area contributed by atoms with Crippen LogP contribution in [0.15, 0.2) is 152 Å². The number of nitrogens with one attached hydrogen (secondary N) is 2. The lowest BCUT2D eigenvalue weighted by atomic mass is 9.76. The number of carbonyl (C=O) groups is 1. The molecule has 1 aliphatic rings. The summed E-state index contributed by atoms with van der Waals surface area (Å²) in [5, 5.41) is 9.30. The quantitative estimate of drug-likeness (QED) is 0.0758. The number of amides is 1. The van der Waals surface area contributed by atoms with E-state index in [-0.39, 0.29) is 6.61 Å². The number of para-hydroxylation sites is 1. The summed E-state index contributed by atoms with van der Waals surface area (Å²) in [4.78, 5) is 21.2. The van der Waals surface area contributed by atoms with Gasteiger partial charge in [0.15, 0.2) is 5.82 Å². The van der Waals surface area contributed by atoms with Crippen LogP contribution in [0, 0.1) is 0 Å². The Labute approximate surface area is 368 Å². The number of hydrogen-bond donors (Lipinski definition) is 2. The van der Waals surface area contributed by atoms with E-state index in [1.165, 1.54) is 0 Å². The van der Waals surface area contributed by atoms with Crippen molar-refractivity contribution in [1.29, 1.82) is 0 Å². The molecule has 6 aromatic carbocycles. The Balaban J connectivity index is 1.19. The summed E-state index contributed by atoms with van der Waals surface area (Å²) in [5.41, 5.74) is 6.69. The molecule has 0 atom stereocenters. The SMILES string of the molecule is CC(C)(C)OC(=O)NCCOc1cccc(-c2cccc3[nH]c(-c4nn(C(c5ccccc5)(c5ccccc5)c5ccccc5)c5ccc(B6OC(C)(C)C(C)(C)O6)cc45)nc23)c1. The van der Waals surface area contributed by atoms with Crippen molar-refractivity contribution in [3.63, 3.8) is 0 Å². The molecule has 10 nitrogen and oxygen atoms in total. The van der Waals surface area contributed by atoms with Gasteiger partial charge in [0.2, 0.25) is 0 Å². The van der Waals surface area contributed by atoms with Crippen molar-refractivity contribution in [1.82, 2.24) is 25.1 Å². The minimum atomic E-state index is -0.883. The van der Waals surface area contributed by atoms with Gasteiger partial charge in [-0.25, -0.2) is 14.5 Å². The van der Waals surface area contributed by atoms with Crippen molar-refractivity contribution < 1.29 is 23.6 Å². The van der Waals surface area contributed by atoms with Gasteiger partial charge in [-0.2, -0.15) is 5.10 Å². The molecule has 0 saturated carbocycles. The lowest BCUT2D eigenvalue weighted by Gasteiger charge is -2.37. The van der Waals surface area contributed by atoms with E-state index in [2.05, 4.69) is 140 Å². The maximum absolute atomic E-state index is 12.2. The molecule has 318 valence electrons. The predicted octanol–water partition coefficient (Wildman–Crippen LogP) is 10.3. The fourth-order valence-corrected chi connectivity index (χ4v) is 8.36. The van der Waals surface area contributed by atoms with E-state index in [1.807, 2.05) is 75.4 Å². The van der Waals surface area contributed by atoms with Gasteiger partial charge >= 0.3 is 13.2 Å². The topological polar surface area (TPSA) is 113 Å². The summed E-state index contributed by atoms with van der Waals surface area (Å²) >= 11 is 0. The van der Waals surface area contributed by atoms with Crippen molar-refractivity contribution in [3.05, 3.63) is 168 Å². The molecular formula is C52H52BN5O5. The third-order valence-corrected chi connectivity index (χ3v) is 12.0. The largest absolute Gasteiger partial charge is 0.494 e. The number of fused-ring (bicyclic) bond motifs is 2. The molecule has 11 heteroatoms. The predicted molar refractivity (Wildman–Crippen MR) is 250 cm³/mol. The fourth-order valence-electron chi connectivity index (χ4n) is 8.36. The summed E-state index contributed by atoms with van der Waals surface area (Å²) in [5.74, 6) is 1.29. The first-order chi connectivity index (χ1) is 30.2. The Morgan fingerprint density at radius 2 is 1.35 bits per heavy atom. The number of alkyl carbamates (subject to hydrolysis) is 1. The van der Waals surface area contributed by atoms with Crippen LogP contribution in [-0.2, 0) is 19.6 Å². The summed E-state index contributed by atoms with van der Waals surface area (Å²) in [6, 6.07) is 52.1. The molecule has 1 aliphatic heterocycles. The number of H-pyrrole nitrogens is 1. The number of aromatic nitrogens is 4. The van der Waals surface area contributed by atoms with Crippen molar-refractivity contribution in [2.24, 2.45) is 0 Å². The Morgan fingerprint density at radius 1 is 0.746 bits per heavy atom. The fraction of sp³-hybridized carbons (Fsp3) is 0.250. The first-order valence-electron chi connectivity index (χ1n) is 21.5. The number of hydrogen-bond acceptors (Lipinski definition) is 7. The van der Waals surface area contributed by atoms with Gasteiger partial charge in [-0.3, -0.25) is 0 Å². The van der Waals surface area contributed by atoms with E-state index in [4.69, 9.17) is 28.9 Å². The summed E-state index contributed by atoms with van der Waals surface area (Å²) in [7, 11) is -0.581. The molecule has 8 aromatic rings. The number of nitrogens with zero attached hydrogens (tertiary/aromatic N) is 3. The molecule has 2 aromatic heterocycles. The minimum absolute atomic E-state index is 0.277. The molecule has 1 amide bonds. The zero-order chi connectivity index (χ0) is 44.0. The van der Waals surface area contributed by atoms with Crippen LogP contribution in [0.2, 0.25) is 0 Å². The maximum atomic E-state index is 12.2. The lowest BCUT2D eigenvalue weighted by Crippen LogP contribution is -2.41. The van der Waals surface area contributed by atoms with Crippen LogP contribution >= 0.6 is 0 Å². The van der Waals surface area contributed by atoms with Gasteiger partial charge in [-0.15, -0.1) is 0 Å². The molecule has 9 rings (SSSR count). The molecule has 0 unspecified atom stereocenters. The van der Waals surface area contributed by atoms with Crippen molar-refractivity contribution >= 4 is 40.6 Å². The van der Waals surface area contributed by atoms with E-state index in [1.54, 1.807) is 0 Å². The highest BCUT2D eigenvalue weighted by Crippen LogP contribution is 2.44. The van der Waals surface area contributed by atoms with Gasteiger partial charge < -0.3 is 29.1 Å². The lowest BCUT2D eigenvalue weighted by molar-refractivity contribution is 0.00578. The summed E-state index contributed by atoms with van der Waals surface area (Å²) < 4.78 is 26.8. The number of ether oxygens (including phenoxy) is 2. The molecule has 0 radical (unpaired) electrons. The average molecular weight is 838 g/mol. The standard InChI is InChI=1S/C52H52BN5O5/c1-49(2,3)61-48(59)54-31-32-60-40-26-17-19-35(33-40)41-27-18-28-43-45(41)56-47(55-43)46-42-34-39(53-62-50(4,5)51(6,7)63-53)29-30-44(42)58(57-46)52(36-20-11-8-12-21-36,37-22-13-9-14-23-37)38-24-15-10-16-25-38/h8-30,33-34H,31-32H2,1-7H3,(H,54,59)(H,55,56). The van der Waals surface area contributed by atoms with E-state index in [9.17, 15) is 4.79 Å². The second-order valence-electron chi connectivity index (χ2n) is 18.0. The van der Waals surface area contributed by atoms with Crippen LogP contribution < -0.4 is 15.5 Å². The highest BCUT2D eigenvalue weighted by molar-refractivity contribution is 6.62. The summed E-state index contributed by atoms with van der Waals surface area (Å²) in [6.07, 6.45) is -0.478. The van der Waals surface area contributed by atoms with Crippen LogP contribution in [-0.4, -0.2) is 62.9 Å². The number of aromatic amines is 1. The van der Waals surface area contributed by atoms with Crippen LogP contribution in [0.3, 0.4) is 0 Å². The second-order valence-corrected chi connectivity index (χ2v) is 18.0. The molecule has 0 spiro atoms. The first kappa shape index (κ1) is 41.7. The van der Waals surface area contributed by atoms with Crippen LogP contribution in [0.4, 0.5) is 4.79 Å². The van der Waals surface area contributed by atoms with E-state index in [0.29, 0.717) is 23.8 Å². The van der Waals surface area contributed by atoms with Gasteiger partial charge in [0.1, 0.15) is 29.2 Å². The van der Waals surface area contributed by atoms with E-state index in [0.717, 1.165) is 55.2 Å². The number of rotatable bonds is 11. The second kappa shape index (κ2) is 16.2. The Bertz CT molecular complexity index is 2790. The molecule has 2 N–H and O–H groups in total. The van der Waals surface area contributed by atoms with Gasteiger partial charge in [0.25, 0.3) is 0 Å². The zero-order valence-electron chi connectivity index (χ0n) is 36.8. The molecule has 0 aliphatic carbocycles. The summed E-state index contributed by atoms with van der Waals surface area (Å²) in [6.45, 7) is 14.4. The van der Waals surface area contributed by atoms with Gasteiger partial charge in [-0.05, 0) is 100 Å². The average Bonchev–Trinajstić information content (AvgIpc) is 3.94. The molecule has 3 heterocycles. The van der Waals surface area contributed by atoms with Crippen LogP contribution in [0.1, 0.15) is 65.2 Å². The monoisotopic (exact) mass is 837 g/mol. The normalized spacial score (nSPS) is 14.9. The maximum Gasteiger partial charge on any atom is 0.494 e. The van der Waals surface area contributed by atoms with Crippen LogP contribution in [0.25, 0.3) is 44.6 Å². The Kier molecular flexibility index (Phi) is 10.7. The Morgan fingerprint density at radius 3 is 1.95 bits per heavy atom. The van der Waals surface area contributed by atoms with Crippen molar-refractivity contribution in [2.75, 3.05) is 13.2 Å². The Hall–Kier alpha value is -6.69. The highest BCUT2D eigenvalue weighted by atomic mass is 16.7. The van der Waals surface area contributed by atoms with E-state index >= 15 is 0 Å². The van der Waals surface area contributed by atoms with E-state index < -0.39 is 35.6 Å². The number of benzene rings is 6. The molecule has 1 saturated heterocycles. The van der Waals surface area contributed by atoms with Crippen molar-refractivity contribution in [2.45, 2.75) is 70.8 Å². The third-order valence-electron chi connectivity index (χ3n) is 12.0. The smallest absolute Gasteiger partial charge is 0.492 e. The zero-order valence-corrected chi connectivity index (χ0v) is 36.8. The number of imidazole rings is 1. The third kappa shape index (κ3) is 7.87. The first-order valence-corrected chi connectivity index (χ1v) is 21.5. The van der Waals surface area contributed by atoms with Gasteiger partial charge in [0.05, 0.1) is 34.3 Å². The van der Waals surface area contributed by atoms with Gasteiger partial charge in [0, 0.05) is 10.9 Å². The molecule has 0 bridgehead atoms. The van der Waals surface area contributed by atoms with Crippen molar-refractivity contribution in [3.8, 4) is 28.4 Å².